The molecule has 14 aromatic rings. The van der Waals surface area contributed by atoms with Crippen molar-refractivity contribution in [2.75, 3.05) is 4.90 Å². The van der Waals surface area contributed by atoms with E-state index >= 15 is 0 Å². The molecule has 0 N–H and O–H groups in total. The molecule has 0 fully saturated rings. The Labute approximate surface area is 445 Å². The lowest BCUT2D eigenvalue weighted by Crippen LogP contribution is -2.29. The Hall–Kier alpha value is -9.54. The summed E-state index contributed by atoms with van der Waals surface area (Å²) in [4.78, 5) is 2.52. The minimum absolute atomic E-state index is 0.652. The average molecular weight is 986 g/mol. The van der Waals surface area contributed by atoms with Crippen molar-refractivity contribution in [3.63, 3.8) is 0 Å². The predicted octanol–water partition coefficient (Wildman–Crippen LogP) is 20.5. The second-order valence-corrected chi connectivity index (χ2v) is 21.0. The van der Waals surface area contributed by atoms with E-state index in [0.29, 0.717) is 0 Å². The molecule has 12 aromatic carbocycles. The fourth-order valence-corrected chi connectivity index (χ4v) is 13.6. The van der Waals surface area contributed by atoms with Crippen molar-refractivity contribution in [3.05, 3.63) is 307 Å². The van der Waals surface area contributed by atoms with Gasteiger partial charge in [-0.15, -0.1) is 11.3 Å². The number of anilines is 3. The molecule has 2 nitrogen and oxygen atoms in total. The molecule has 0 spiro atoms. The maximum atomic E-state index is 6.84. The highest BCUT2D eigenvalue weighted by Crippen LogP contribution is 2.58. The predicted molar refractivity (Wildman–Crippen MR) is 320 cm³/mol. The van der Waals surface area contributed by atoms with Crippen molar-refractivity contribution >= 4 is 70.5 Å². The van der Waals surface area contributed by atoms with Gasteiger partial charge in [-0.3, -0.25) is 0 Å². The molecule has 356 valence electrons. The van der Waals surface area contributed by atoms with Crippen molar-refractivity contribution in [2.45, 2.75) is 5.41 Å². The molecule has 0 aliphatic heterocycles. The summed E-state index contributed by atoms with van der Waals surface area (Å²) in [5.74, 6) is 0. The zero-order chi connectivity index (χ0) is 50.2. The summed E-state index contributed by atoms with van der Waals surface area (Å²) in [6.07, 6.45) is 0. The van der Waals surface area contributed by atoms with Gasteiger partial charge in [0.25, 0.3) is 0 Å². The van der Waals surface area contributed by atoms with Gasteiger partial charge >= 0.3 is 0 Å². The van der Waals surface area contributed by atoms with E-state index in [0.717, 1.165) is 44.6 Å². The van der Waals surface area contributed by atoms with Gasteiger partial charge in [0.2, 0.25) is 0 Å². The van der Waals surface area contributed by atoms with Crippen LogP contribution >= 0.6 is 11.3 Å². The molecule has 0 amide bonds. The normalized spacial score (nSPS) is 12.6. The summed E-state index contributed by atoms with van der Waals surface area (Å²) >= 11 is 1.85. The summed E-state index contributed by atoms with van der Waals surface area (Å²) < 4.78 is 9.31. The smallest absolute Gasteiger partial charge is 0.137 e. The van der Waals surface area contributed by atoms with Crippen LogP contribution < -0.4 is 4.90 Å². The zero-order valence-corrected chi connectivity index (χ0v) is 42.2. The third-order valence-corrected chi connectivity index (χ3v) is 16.9. The summed E-state index contributed by atoms with van der Waals surface area (Å²) in [5, 5.41) is 4.57. The number of benzene rings is 12. The third-order valence-electron chi connectivity index (χ3n) is 15.8. The summed E-state index contributed by atoms with van der Waals surface area (Å²) in [6, 6.07) is 105. The van der Waals surface area contributed by atoms with Crippen molar-refractivity contribution in [3.8, 4) is 55.6 Å². The van der Waals surface area contributed by atoms with E-state index in [1.807, 2.05) is 11.3 Å². The molecule has 0 atom stereocenters. The standard InChI is InChI=1S/C73H47NOS/c1-4-20-48(21-5-1)51-26-16-27-54(44-51)73(63-34-14-12-32-59(63)60-33-13-15-35-64(60)73)55-28-17-29-56(47-55)74(65-36-18-38-68-71(65)61-45-52(40-42-67(61)75-68)49-22-6-2-7-23-49)66-37-19-39-70-72(66)62-46-53(41-43-69(62)76-70)58-31-11-10-30-57(58)50-24-8-3-9-25-50/h1-47H. The minimum Gasteiger partial charge on any atom is -0.456 e. The number of furan rings is 1. The van der Waals surface area contributed by atoms with Crippen molar-refractivity contribution < 1.29 is 4.42 Å². The molecule has 1 aliphatic carbocycles. The van der Waals surface area contributed by atoms with Gasteiger partial charge in [0.15, 0.2) is 0 Å². The van der Waals surface area contributed by atoms with Crippen LogP contribution in [-0.2, 0) is 5.41 Å². The molecule has 2 heterocycles. The van der Waals surface area contributed by atoms with E-state index in [2.05, 4.69) is 290 Å². The van der Waals surface area contributed by atoms with Crippen LogP contribution in [0.15, 0.2) is 290 Å². The molecule has 1 aliphatic rings. The molecule has 2 aromatic heterocycles. The van der Waals surface area contributed by atoms with E-state index in [1.54, 1.807) is 0 Å². The van der Waals surface area contributed by atoms with Gasteiger partial charge < -0.3 is 9.32 Å². The minimum atomic E-state index is -0.652. The van der Waals surface area contributed by atoms with Gasteiger partial charge in [-0.2, -0.15) is 0 Å². The van der Waals surface area contributed by atoms with E-state index in [9.17, 15) is 0 Å². The Balaban J connectivity index is 1.02. The SMILES string of the molecule is c1ccc(-c2cccc(C3(c4cccc(N(c5cccc6oc7ccc(-c8ccccc8)cc7c56)c5cccc6sc7ccc(-c8ccccc8-c8ccccc8)cc7c56)c4)c4ccccc4-c4ccccc43)c2)cc1. The van der Waals surface area contributed by atoms with Gasteiger partial charge in [-0.05, 0) is 145 Å². The van der Waals surface area contributed by atoms with Crippen LogP contribution in [0.3, 0.4) is 0 Å². The van der Waals surface area contributed by atoms with E-state index in [4.69, 9.17) is 4.42 Å². The first kappa shape index (κ1) is 44.0. The molecule has 0 saturated heterocycles. The van der Waals surface area contributed by atoms with Crippen LogP contribution in [-0.4, -0.2) is 0 Å². The zero-order valence-electron chi connectivity index (χ0n) is 41.4. The van der Waals surface area contributed by atoms with Crippen LogP contribution in [0.25, 0.3) is 97.7 Å². The van der Waals surface area contributed by atoms with E-state index < -0.39 is 5.41 Å². The maximum absolute atomic E-state index is 6.84. The Bertz CT molecular complexity index is 4490. The Morgan fingerprint density at radius 2 is 0.816 bits per heavy atom. The number of hydrogen-bond acceptors (Lipinski definition) is 3. The van der Waals surface area contributed by atoms with E-state index in [-0.39, 0.29) is 0 Å². The first-order valence-electron chi connectivity index (χ1n) is 26.1. The molecular weight excluding hydrogens is 939 g/mol. The number of hydrogen-bond donors (Lipinski definition) is 0. The summed E-state index contributed by atoms with van der Waals surface area (Å²) in [6.45, 7) is 0. The first-order valence-corrected chi connectivity index (χ1v) is 26.9. The summed E-state index contributed by atoms with van der Waals surface area (Å²) in [5.41, 5.74) is 21.2. The van der Waals surface area contributed by atoms with E-state index in [1.165, 1.54) is 92.5 Å². The second-order valence-electron chi connectivity index (χ2n) is 19.9. The second kappa shape index (κ2) is 17.8. The monoisotopic (exact) mass is 985 g/mol. The molecule has 0 bridgehead atoms. The molecular formula is C73H47NOS. The average Bonchev–Trinajstić information content (AvgIpc) is 4.24. The van der Waals surface area contributed by atoms with Gasteiger partial charge in [0, 0.05) is 31.2 Å². The lowest BCUT2D eigenvalue weighted by molar-refractivity contribution is 0.669. The van der Waals surface area contributed by atoms with Gasteiger partial charge in [-0.25, -0.2) is 0 Å². The number of rotatable bonds is 9. The maximum Gasteiger partial charge on any atom is 0.137 e. The number of nitrogens with zero attached hydrogens (tertiary/aromatic N) is 1. The highest BCUT2D eigenvalue weighted by atomic mass is 32.1. The topological polar surface area (TPSA) is 16.4 Å². The fraction of sp³-hybridized carbons (Fsp3) is 0.0137. The third kappa shape index (κ3) is 6.94. The first-order chi connectivity index (χ1) is 37.7. The van der Waals surface area contributed by atoms with Crippen LogP contribution in [0.1, 0.15) is 22.3 Å². The number of thiophene rings is 1. The molecule has 0 unspecified atom stereocenters. The largest absolute Gasteiger partial charge is 0.456 e. The highest BCUT2D eigenvalue weighted by molar-refractivity contribution is 7.26. The Kier molecular flexibility index (Phi) is 10.3. The van der Waals surface area contributed by atoms with Crippen molar-refractivity contribution in [1.29, 1.82) is 0 Å². The molecule has 76 heavy (non-hydrogen) atoms. The van der Waals surface area contributed by atoms with Crippen LogP contribution in [0, 0.1) is 0 Å². The molecule has 0 saturated carbocycles. The van der Waals surface area contributed by atoms with Crippen LogP contribution in [0.4, 0.5) is 17.1 Å². The molecule has 0 radical (unpaired) electrons. The quantitative estimate of drug-likeness (QED) is 0.143. The van der Waals surface area contributed by atoms with Gasteiger partial charge in [-0.1, -0.05) is 218 Å². The van der Waals surface area contributed by atoms with Gasteiger partial charge in [0.05, 0.1) is 22.2 Å². The molecule has 15 rings (SSSR count). The highest BCUT2D eigenvalue weighted by Gasteiger charge is 2.46. The van der Waals surface area contributed by atoms with Crippen LogP contribution in [0.2, 0.25) is 0 Å². The van der Waals surface area contributed by atoms with Crippen molar-refractivity contribution in [1.82, 2.24) is 0 Å². The Morgan fingerprint density at radius 3 is 1.51 bits per heavy atom. The fourth-order valence-electron chi connectivity index (χ4n) is 12.4. The van der Waals surface area contributed by atoms with Gasteiger partial charge in [0.1, 0.15) is 11.2 Å². The number of fused-ring (bicyclic) bond motifs is 9. The Morgan fingerprint density at radius 1 is 0.303 bits per heavy atom. The molecule has 3 heteroatoms. The van der Waals surface area contributed by atoms with Crippen molar-refractivity contribution in [2.24, 2.45) is 0 Å². The summed E-state index contributed by atoms with van der Waals surface area (Å²) in [7, 11) is 0. The van der Waals surface area contributed by atoms with Crippen LogP contribution in [0.5, 0.6) is 0 Å². The lowest BCUT2D eigenvalue weighted by Gasteiger charge is -2.35. The lowest BCUT2D eigenvalue weighted by atomic mass is 9.67.